The van der Waals surface area contributed by atoms with Gasteiger partial charge in [-0.15, -0.1) is 0 Å². The van der Waals surface area contributed by atoms with Crippen LogP contribution in [-0.2, 0) is 9.59 Å². The highest BCUT2D eigenvalue weighted by molar-refractivity contribution is 8.26. The molecule has 0 radical (unpaired) electrons. The fourth-order valence-corrected chi connectivity index (χ4v) is 4.83. The molecule has 0 unspecified atom stereocenters. The van der Waals surface area contributed by atoms with Crippen LogP contribution in [0.5, 0.6) is 0 Å². The van der Waals surface area contributed by atoms with Crippen molar-refractivity contribution in [2.75, 3.05) is 6.54 Å². The van der Waals surface area contributed by atoms with Crippen LogP contribution in [0.1, 0.15) is 56.9 Å². The van der Waals surface area contributed by atoms with E-state index in [9.17, 15) is 14.0 Å². The maximum atomic E-state index is 13.0. The van der Waals surface area contributed by atoms with Gasteiger partial charge in [0.25, 0.3) is 5.91 Å². The summed E-state index contributed by atoms with van der Waals surface area (Å²) >= 11 is 6.53. The van der Waals surface area contributed by atoms with E-state index in [1.807, 2.05) is 0 Å². The number of benzene rings is 1. The lowest BCUT2D eigenvalue weighted by Gasteiger charge is -2.21. The van der Waals surface area contributed by atoms with Gasteiger partial charge in [0, 0.05) is 19.0 Å². The monoisotopic (exact) mass is 420 g/mol. The predicted molar refractivity (Wildman–Crippen MR) is 115 cm³/mol. The molecule has 1 aromatic rings. The maximum absolute atomic E-state index is 13.0. The topological polar surface area (TPSA) is 49.4 Å². The first-order valence-electron chi connectivity index (χ1n) is 9.83. The molecule has 0 aromatic heterocycles. The number of nitrogens with zero attached hydrogens (tertiary/aromatic N) is 1. The number of rotatable bonds is 5. The van der Waals surface area contributed by atoms with Crippen LogP contribution in [0, 0.1) is 5.82 Å². The Kier molecular flexibility index (Phi) is 7.62. The van der Waals surface area contributed by atoms with Crippen molar-refractivity contribution in [3.8, 4) is 0 Å². The van der Waals surface area contributed by atoms with Crippen LogP contribution < -0.4 is 5.32 Å². The Balaban J connectivity index is 1.52. The van der Waals surface area contributed by atoms with E-state index in [4.69, 9.17) is 12.2 Å². The number of hydrogen-bond acceptors (Lipinski definition) is 4. The van der Waals surface area contributed by atoms with Gasteiger partial charge < -0.3 is 5.32 Å². The standard InChI is InChI=1S/C21H25FN2O2S2/c22-16-10-8-15(9-11-16)14-18-20(26)24(21(27)28-18)13-12-19(25)23-17-6-4-2-1-3-5-7-17/h8-11,14,17H,1-7,12-13H2,(H,23,25)/b18-14+. The van der Waals surface area contributed by atoms with Crippen LogP contribution in [0.2, 0.25) is 0 Å². The summed E-state index contributed by atoms with van der Waals surface area (Å²) in [6.07, 6.45) is 10.1. The molecular formula is C21H25FN2O2S2. The molecule has 1 N–H and O–H groups in total. The van der Waals surface area contributed by atoms with Crippen LogP contribution in [0.4, 0.5) is 4.39 Å². The summed E-state index contributed by atoms with van der Waals surface area (Å²) in [6, 6.07) is 6.19. The van der Waals surface area contributed by atoms with Crippen molar-refractivity contribution >= 4 is 46.2 Å². The van der Waals surface area contributed by atoms with Gasteiger partial charge in [-0.25, -0.2) is 4.39 Å². The van der Waals surface area contributed by atoms with Crippen LogP contribution >= 0.6 is 24.0 Å². The first-order valence-corrected chi connectivity index (χ1v) is 11.1. The van der Waals surface area contributed by atoms with E-state index in [0.717, 1.165) is 31.2 Å². The molecule has 7 heteroatoms. The van der Waals surface area contributed by atoms with Crippen molar-refractivity contribution in [3.05, 3.63) is 40.6 Å². The Labute approximate surface area is 174 Å². The SMILES string of the molecule is O=C(CCN1C(=O)/C(=C\c2ccc(F)cc2)SC1=S)NC1CCCCCCC1. The largest absolute Gasteiger partial charge is 0.353 e. The normalized spacial score (nSPS) is 20.3. The van der Waals surface area contributed by atoms with E-state index in [2.05, 4.69) is 5.32 Å². The van der Waals surface area contributed by atoms with Crippen molar-refractivity contribution in [2.45, 2.75) is 57.4 Å². The number of hydrogen-bond donors (Lipinski definition) is 1. The van der Waals surface area contributed by atoms with E-state index < -0.39 is 0 Å². The smallest absolute Gasteiger partial charge is 0.266 e. The molecule has 1 aliphatic carbocycles. The highest BCUT2D eigenvalue weighted by Crippen LogP contribution is 2.32. The lowest BCUT2D eigenvalue weighted by molar-refractivity contribution is -0.124. The fourth-order valence-electron chi connectivity index (χ4n) is 3.52. The van der Waals surface area contributed by atoms with Gasteiger partial charge in [0.15, 0.2) is 0 Å². The van der Waals surface area contributed by atoms with Crippen LogP contribution in [0.3, 0.4) is 0 Å². The second-order valence-electron chi connectivity index (χ2n) is 7.24. The molecule has 2 aliphatic rings. The number of halogens is 1. The van der Waals surface area contributed by atoms with Gasteiger partial charge in [-0.3, -0.25) is 14.5 Å². The second kappa shape index (κ2) is 10.2. The molecule has 0 bridgehead atoms. The Bertz CT molecular complexity index is 756. The molecule has 1 heterocycles. The summed E-state index contributed by atoms with van der Waals surface area (Å²) in [4.78, 5) is 26.9. The first-order chi connectivity index (χ1) is 13.5. The van der Waals surface area contributed by atoms with Crippen molar-refractivity contribution in [1.82, 2.24) is 10.2 Å². The van der Waals surface area contributed by atoms with E-state index in [0.29, 0.717) is 9.23 Å². The second-order valence-corrected chi connectivity index (χ2v) is 8.92. The maximum Gasteiger partial charge on any atom is 0.266 e. The Morgan fingerprint density at radius 1 is 1.18 bits per heavy atom. The zero-order chi connectivity index (χ0) is 19.9. The third-order valence-electron chi connectivity index (χ3n) is 5.07. The zero-order valence-electron chi connectivity index (χ0n) is 15.8. The molecule has 1 saturated heterocycles. The van der Waals surface area contributed by atoms with Gasteiger partial charge in [0.2, 0.25) is 5.91 Å². The van der Waals surface area contributed by atoms with Crippen LogP contribution in [0.25, 0.3) is 6.08 Å². The van der Waals surface area contributed by atoms with Crippen LogP contribution in [0.15, 0.2) is 29.2 Å². The van der Waals surface area contributed by atoms with Gasteiger partial charge >= 0.3 is 0 Å². The number of amides is 2. The summed E-state index contributed by atoms with van der Waals surface area (Å²) in [5, 5.41) is 3.12. The molecule has 0 atom stereocenters. The average molecular weight is 421 g/mol. The van der Waals surface area contributed by atoms with E-state index in [1.165, 1.54) is 48.1 Å². The van der Waals surface area contributed by atoms with Gasteiger partial charge in [0.05, 0.1) is 4.91 Å². The lowest BCUT2D eigenvalue weighted by Crippen LogP contribution is -2.38. The summed E-state index contributed by atoms with van der Waals surface area (Å²) in [7, 11) is 0. The van der Waals surface area contributed by atoms with Gasteiger partial charge in [-0.1, -0.05) is 68.2 Å². The average Bonchev–Trinajstić information content (AvgIpc) is 2.90. The number of carbonyl (C=O) groups is 2. The summed E-state index contributed by atoms with van der Waals surface area (Å²) in [6.45, 7) is 0.282. The molecular weight excluding hydrogens is 395 g/mol. The highest BCUT2D eigenvalue weighted by atomic mass is 32.2. The minimum atomic E-state index is -0.319. The molecule has 0 spiro atoms. The summed E-state index contributed by atoms with van der Waals surface area (Å²) in [5.41, 5.74) is 0.740. The Morgan fingerprint density at radius 2 is 1.82 bits per heavy atom. The lowest BCUT2D eigenvalue weighted by atomic mass is 9.96. The predicted octanol–water partition coefficient (Wildman–Crippen LogP) is 4.65. The van der Waals surface area contributed by atoms with Gasteiger partial charge in [-0.2, -0.15) is 0 Å². The van der Waals surface area contributed by atoms with E-state index in [1.54, 1.807) is 18.2 Å². The molecule has 2 fully saturated rings. The van der Waals surface area contributed by atoms with Gasteiger partial charge in [-0.05, 0) is 36.6 Å². The van der Waals surface area contributed by atoms with Gasteiger partial charge in [0.1, 0.15) is 10.1 Å². The molecule has 4 nitrogen and oxygen atoms in total. The molecule has 28 heavy (non-hydrogen) atoms. The Morgan fingerprint density at radius 3 is 2.50 bits per heavy atom. The van der Waals surface area contributed by atoms with Crippen LogP contribution in [-0.4, -0.2) is 33.6 Å². The third-order valence-corrected chi connectivity index (χ3v) is 6.45. The minimum Gasteiger partial charge on any atom is -0.353 e. The quantitative estimate of drug-likeness (QED) is 0.557. The van der Waals surface area contributed by atoms with Crippen molar-refractivity contribution in [3.63, 3.8) is 0 Å². The molecule has 2 amide bonds. The van der Waals surface area contributed by atoms with Crippen molar-refractivity contribution in [1.29, 1.82) is 0 Å². The minimum absolute atomic E-state index is 0.0258. The molecule has 1 aromatic carbocycles. The first kappa shape index (κ1) is 21.0. The summed E-state index contributed by atoms with van der Waals surface area (Å²) in [5.74, 6) is -0.541. The van der Waals surface area contributed by atoms with E-state index in [-0.39, 0.29) is 36.6 Å². The molecule has 3 rings (SSSR count). The summed E-state index contributed by atoms with van der Waals surface area (Å²) < 4.78 is 13.5. The molecule has 1 saturated carbocycles. The number of thioether (sulfide) groups is 1. The number of carbonyl (C=O) groups excluding carboxylic acids is 2. The number of thiocarbonyl (C=S) groups is 1. The number of nitrogens with one attached hydrogen (secondary N) is 1. The zero-order valence-corrected chi connectivity index (χ0v) is 17.4. The molecule has 1 aliphatic heterocycles. The van der Waals surface area contributed by atoms with E-state index >= 15 is 0 Å². The van der Waals surface area contributed by atoms with Crippen molar-refractivity contribution in [2.24, 2.45) is 0 Å². The third kappa shape index (κ3) is 5.88. The highest BCUT2D eigenvalue weighted by Gasteiger charge is 2.32. The fraction of sp³-hybridized carbons (Fsp3) is 0.476. The molecule has 150 valence electrons. The Hall–Kier alpha value is -1.73. The van der Waals surface area contributed by atoms with Crippen molar-refractivity contribution < 1.29 is 14.0 Å².